The highest BCUT2D eigenvalue weighted by Gasteiger charge is 2.25. The summed E-state index contributed by atoms with van der Waals surface area (Å²) in [7, 11) is 0. The number of hydrogen-bond acceptors (Lipinski definition) is 5. The Kier molecular flexibility index (Phi) is 7.43. The summed E-state index contributed by atoms with van der Waals surface area (Å²) in [5.74, 6) is 1.63. The number of nitrogens with zero attached hydrogens (tertiary/aromatic N) is 1. The zero-order valence-corrected chi connectivity index (χ0v) is 18.8. The van der Waals surface area contributed by atoms with Gasteiger partial charge in [-0.15, -0.1) is 0 Å². The Balaban J connectivity index is 1.44. The monoisotopic (exact) mass is 442 g/mol. The summed E-state index contributed by atoms with van der Waals surface area (Å²) in [4.78, 5) is 17.0. The normalized spacial score (nSPS) is 22.1. The summed E-state index contributed by atoms with van der Waals surface area (Å²) in [5, 5.41) is 10.4. The molecule has 1 aromatic carbocycles. The van der Waals surface area contributed by atoms with E-state index >= 15 is 0 Å². The average Bonchev–Trinajstić information content (AvgIpc) is 2.80. The third-order valence-corrected chi connectivity index (χ3v) is 6.46. The second kappa shape index (κ2) is 10.4. The van der Waals surface area contributed by atoms with E-state index in [1.165, 1.54) is 0 Å². The first-order valence-electron chi connectivity index (χ1n) is 11.2. The Labute approximate surface area is 189 Å². The van der Waals surface area contributed by atoms with Crippen LogP contribution in [-0.2, 0) is 9.53 Å². The van der Waals surface area contributed by atoms with Crippen molar-refractivity contribution < 1.29 is 9.53 Å². The molecule has 7 heteroatoms. The Hall–Kier alpha value is -2.15. The number of anilines is 2. The molecule has 0 aliphatic carbocycles. The molecule has 2 aromatic rings. The number of rotatable bonds is 6. The zero-order chi connectivity index (χ0) is 21.6. The maximum absolute atomic E-state index is 12.7. The molecule has 2 saturated heterocycles. The molecule has 2 aliphatic heterocycles. The van der Waals surface area contributed by atoms with Crippen LogP contribution in [0.15, 0.2) is 36.5 Å². The Morgan fingerprint density at radius 3 is 2.90 bits per heavy atom. The van der Waals surface area contributed by atoms with E-state index in [4.69, 9.17) is 16.3 Å². The van der Waals surface area contributed by atoms with E-state index in [9.17, 15) is 4.79 Å². The molecule has 4 rings (SSSR count). The molecule has 3 heterocycles. The third kappa shape index (κ3) is 5.97. The minimum atomic E-state index is -0.0395. The number of halogens is 1. The van der Waals surface area contributed by atoms with Gasteiger partial charge in [0.15, 0.2) is 0 Å². The van der Waals surface area contributed by atoms with Crippen LogP contribution in [0.1, 0.15) is 26.2 Å². The first-order valence-corrected chi connectivity index (χ1v) is 11.6. The number of benzene rings is 1. The fourth-order valence-electron chi connectivity index (χ4n) is 4.32. The maximum atomic E-state index is 12.7. The molecule has 0 saturated carbocycles. The molecule has 0 bridgehead atoms. The minimum absolute atomic E-state index is 0.00620. The van der Waals surface area contributed by atoms with Gasteiger partial charge in [-0.2, -0.15) is 0 Å². The van der Waals surface area contributed by atoms with Crippen LogP contribution in [0.25, 0.3) is 11.1 Å². The number of aromatic nitrogens is 1. The van der Waals surface area contributed by atoms with Crippen molar-refractivity contribution in [2.45, 2.75) is 26.2 Å². The van der Waals surface area contributed by atoms with E-state index in [0.717, 1.165) is 62.4 Å². The molecule has 2 aliphatic rings. The van der Waals surface area contributed by atoms with Gasteiger partial charge in [0.05, 0.1) is 10.9 Å². The second-order valence-corrected chi connectivity index (χ2v) is 9.16. The molecule has 1 amide bonds. The fraction of sp³-hybridized carbons (Fsp3) is 0.500. The lowest BCUT2D eigenvalue weighted by Gasteiger charge is -2.26. The summed E-state index contributed by atoms with van der Waals surface area (Å²) < 4.78 is 5.44. The van der Waals surface area contributed by atoms with Crippen LogP contribution in [0.2, 0.25) is 5.02 Å². The number of ether oxygens (including phenoxy) is 1. The highest BCUT2D eigenvalue weighted by molar-refractivity contribution is 6.33. The first-order chi connectivity index (χ1) is 15.1. The van der Waals surface area contributed by atoms with E-state index in [-0.39, 0.29) is 11.8 Å². The predicted octanol–water partition coefficient (Wildman–Crippen LogP) is 4.42. The first kappa shape index (κ1) is 22.1. The SMILES string of the molecule is CC1CNCC(C(=O)Nc2cc(-c3cccc(NCC4CCOCC4)c3)c(Cl)cn2)C1. The van der Waals surface area contributed by atoms with Gasteiger partial charge in [-0.05, 0) is 61.4 Å². The van der Waals surface area contributed by atoms with Gasteiger partial charge in [0.25, 0.3) is 0 Å². The number of piperidine rings is 1. The van der Waals surface area contributed by atoms with Crippen molar-refractivity contribution in [3.63, 3.8) is 0 Å². The van der Waals surface area contributed by atoms with Crippen molar-refractivity contribution in [2.24, 2.45) is 17.8 Å². The van der Waals surface area contributed by atoms with E-state index in [2.05, 4.69) is 40.0 Å². The standard InChI is InChI=1S/C24H31ClN4O2/c1-16-9-19(14-26-12-16)24(30)29-23-11-21(22(25)15-28-23)18-3-2-4-20(10-18)27-13-17-5-7-31-8-6-17/h2-4,10-11,15-17,19,26-27H,5-9,12-14H2,1H3,(H,28,29,30). The van der Waals surface area contributed by atoms with E-state index in [1.807, 2.05) is 18.2 Å². The molecule has 166 valence electrons. The molecule has 2 fully saturated rings. The van der Waals surface area contributed by atoms with Gasteiger partial charge >= 0.3 is 0 Å². The van der Waals surface area contributed by atoms with E-state index < -0.39 is 0 Å². The molecular weight excluding hydrogens is 412 g/mol. The van der Waals surface area contributed by atoms with Crippen molar-refractivity contribution in [3.8, 4) is 11.1 Å². The van der Waals surface area contributed by atoms with E-state index in [0.29, 0.717) is 29.2 Å². The van der Waals surface area contributed by atoms with Crippen molar-refractivity contribution >= 4 is 29.0 Å². The van der Waals surface area contributed by atoms with Crippen LogP contribution in [0.4, 0.5) is 11.5 Å². The maximum Gasteiger partial charge on any atom is 0.229 e. The molecule has 6 nitrogen and oxygen atoms in total. The van der Waals surface area contributed by atoms with Gasteiger partial charge in [0, 0.05) is 43.8 Å². The highest BCUT2D eigenvalue weighted by atomic mass is 35.5. The van der Waals surface area contributed by atoms with Gasteiger partial charge in [0.1, 0.15) is 5.82 Å². The lowest BCUT2D eigenvalue weighted by atomic mass is 9.91. The molecule has 0 radical (unpaired) electrons. The topological polar surface area (TPSA) is 75.3 Å². The van der Waals surface area contributed by atoms with Gasteiger partial charge in [-0.3, -0.25) is 4.79 Å². The molecule has 3 N–H and O–H groups in total. The quantitative estimate of drug-likeness (QED) is 0.617. The van der Waals surface area contributed by atoms with Crippen LogP contribution in [-0.4, -0.2) is 43.7 Å². The molecule has 2 atom stereocenters. The largest absolute Gasteiger partial charge is 0.385 e. The number of amides is 1. The minimum Gasteiger partial charge on any atom is -0.385 e. The molecule has 31 heavy (non-hydrogen) atoms. The molecular formula is C24H31ClN4O2. The summed E-state index contributed by atoms with van der Waals surface area (Å²) in [5.41, 5.74) is 2.91. The van der Waals surface area contributed by atoms with Crippen LogP contribution < -0.4 is 16.0 Å². The van der Waals surface area contributed by atoms with Gasteiger partial charge < -0.3 is 20.7 Å². The van der Waals surface area contributed by atoms with Crippen molar-refractivity contribution in [1.82, 2.24) is 10.3 Å². The summed E-state index contributed by atoms with van der Waals surface area (Å²) in [6.45, 7) is 6.47. The zero-order valence-electron chi connectivity index (χ0n) is 18.0. The third-order valence-electron chi connectivity index (χ3n) is 6.16. The summed E-state index contributed by atoms with van der Waals surface area (Å²) >= 11 is 6.47. The number of pyridine rings is 1. The van der Waals surface area contributed by atoms with Crippen molar-refractivity contribution in [3.05, 3.63) is 41.6 Å². The van der Waals surface area contributed by atoms with Crippen molar-refractivity contribution in [2.75, 3.05) is 43.5 Å². The number of carbonyl (C=O) groups excluding carboxylic acids is 1. The Morgan fingerprint density at radius 2 is 2.10 bits per heavy atom. The lowest BCUT2D eigenvalue weighted by molar-refractivity contribution is -0.120. The highest BCUT2D eigenvalue weighted by Crippen LogP contribution is 2.31. The lowest BCUT2D eigenvalue weighted by Crippen LogP contribution is -2.41. The molecule has 0 spiro atoms. The smallest absolute Gasteiger partial charge is 0.229 e. The second-order valence-electron chi connectivity index (χ2n) is 8.75. The van der Waals surface area contributed by atoms with Crippen LogP contribution >= 0.6 is 11.6 Å². The van der Waals surface area contributed by atoms with Gasteiger partial charge in [0.2, 0.25) is 5.91 Å². The molecule has 2 unspecified atom stereocenters. The van der Waals surface area contributed by atoms with E-state index in [1.54, 1.807) is 6.20 Å². The number of nitrogens with one attached hydrogen (secondary N) is 3. The number of hydrogen-bond donors (Lipinski definition) is 3. The predicted molar refractivity (Wildman–Crippen MR) is 125 cm³/mol. The van der Waals surface area contributed by atoms with Gasteiger partial charge in [-0.1, -0.05) is 30.7 Å². The van der Waals surface area contributed by atoms with Crippen LogP contribution in [0, 0.1) is 17.8 Å². The summed E-state index contributed by atoms with van der Waals surface area (Å²) in [6, 6.07) is 10.1. The van der Waals surface area contributed by atoms with Gasteiger partial charge in [-0.25, -0.2) is 4.98 Å². The average molecular weight is 443 g/mol. The Morgan fingerprint density at radius 1 is 1.26 bits per heavy atom. The summed E-state index contributed by atoms with van der Waals surface area (Å²) in [6.07, 6.45) is 4.69. The fourth-order valence-corrected chi connectivity index (χ4v) is 4.53. The van der Waals surface area contributed by atoms with Crippen LogP contribution in [0.5, 0.6) is 0 Å². The molecule has 1 aromatic heterocycles. The van der Waals surface area contributed by atoms with Crippen molar-refractivity contribution in [1.29, 1.82) is 0 Å². The number of carbonyl (C=O) groups is 1. The Bertz CT molecular complexity index is 901. The van der Waals surface area contributed by atoms with Crippen LogP contribution in [0.3, 0.4) is 0 Å².